The van der Waals surface area contributed by atoms with E-state index in [-0.39, 0.29) is 11.1 Å². The maximum atomic E-state index is 6.61. The van der Waals surface area contributed by atoms with Crippen LogP contribution in [-0.2, 0) is 4.43 Å². The SMILES string of the molecule is CC#CC(O[Si](C)(C)C(C)(C)C)C1(CC)CCC1. The van der Waals surface area contributed by atoms with E-state index in [4.69, 9.17) is 4.43 Å². The summed E-state index contributed by atoms with van der Waals surface area (Å²) in [6.45, 7) is 15.8. The Morgan fingerprint density at radius 1 is 1.28 bits per heavy atom. The van der Waals surface area contributed by atoms with Crippen molar-refractivity contribution >= 4 is 8.32 Å². The van der Waals surface area contributed by atoms with E-state index in [1.54, 1.807) is 0 Å². The average molecular weight is 267 g/mol. The molecule has 1 fully saturated rings. The van der Waals surface area contributed by atoms with Crippen LogP contribution in [0.1, 0.15) is 60.3 Å². The molecule has 0 N–H and O–H groups in total. The summed E-state index contributed by atoms with van der Waals surface area (Å²) in [5.74, 6) is 6.46. The van der Waals surface area contributed by atoms with Crippen molar-refractivity contribution in [2.24, 2.45) is 5.41 Å². The molecule has 0 saturated heterocycles. The summed E-state index contributed by atoms with van der Waals surface area (Å²) in [5, 5.41) is 0.263. The van der Waals surface area contributed by atoms with Crippen molar-refractivity contribution in [2.45, 2.75) is 84.5 Å². The molecule has 0 aromatic heterocycles. The first-order valence-electron chi connectivity index (χ1n) is 7.28. The molecule has 1 nitrogen and oxygen atoms in total. The molecule has 1 aliphatic carbocycles. The zero-order valence-corrected chi connectivity index (χ0v) is 14.3. The lowest BCUT2D eigenvalue weighted by Crippen LogP contribution is -2.51. The Labute approximate surface area is 115 Å². The van der Waals surface area contributed by atoms with Gasteiger partial charge in [0.25, 0.3) is 0 Å². The van der Waals surface area contributed by atoms with Crippen LogP contribution in [0.25, 0.3) is 0 Å². The van der Waals surface area contributed by atoms with Crippen molar-refractivity contribution in [2.75, 3.05) is 0 Å². The summed E-state index contributed by atoms with van der Waals surface area (Å²) in [7, 11) is -1.72. The van der Waals surface area contributed by atoms with Crippen molar-refractivity contribution in [3.63, 3.8) is 0 Å². The monoisotopic (exact) mass is 266 g/mol. The quantitative estimate of drug-likeness (QED) is 0.515. The fraction of sp³-hybridized carbons (Fsp3) is 0.875. The minimum absolute atomic E-state index is 0.155. The zero-order chi connectivity index (χ0) is 14.0. The summed E-state index contributed by atoms with van der Waals surface area (Å²) in [4.78, 5) is 0. The number of rotatable bonds is 4. The van der Waals surface area contributed by atoms with Gasteiger partial charge in [-0.15, -0.1) is 5.92 Å². The molecule has 1 unspecified atom stereocenters. The van der Waals surface area contributed by atoms with Crippen molar-refractivity contribution in [1.82, 2.24) is 0 Å². The van der Waals surface area contributed by atoms with Crippen molar-refractivity contribution in [1.29, 1.82) is 0 Å². The second-order valence-corrected chi connectivity index (χ2v) is 12.0. The number of hydrogen-bond donors (Lipinski definition) is 0. The molecule has 18 heavy (non-hydrogen) atoms. The molecular formula is C16H30OSi. The Morgan fingerprint density at radius 2 is 1.83 bits per heavy atom. The Balaban J connectivity index is 2.90. The first kappa shape index (κ1) is 15.8. The molecule has 0 bridgehead atoms. The van der Waals surface area contributed by atoms with Crippen LogP contribution in [0.3, 0.4) is 0 Å². The Kier molecular flexibility index (Phi) is 4.73. The van der Waals surface area contributed by atoms with Crippen LogP contribution in [-0.4, -0.2) is 14.4 Å². The van der Waals surface area contributed by atoms with Gasteiger partial charge >= 0.3 is 0 Å². The van der Waals surface area contributed by atoms with Crippen LogP contribution in [0.5, 0.6) is 0 Å². The van der Waals surface area contributed by atoms with Gasteiger partial charge in [0.1, 0.15) is 6.10 Å². The predicted molar refractivity (Wildman–Crippen MR) is 82.1 cm³/mol. The molecule has 1 aliphatic rings. The lowest BCUT2D eigenvalue weighted by atomic mass is 9.63. The van der Waals surface area contributed by atoms with Gasteiger partial charge in [-0.1, -0.05) is 40.0 Å². The first-order chi connectivity index (χ1) is 8.18. The third-order valence-corrected chi connectivity index (χ3v) is 9.54. The van der Waals surface area contributed by atoms with E-state index < -0.39 is 8.32 Å². The number of hydrogen-bond acceptors (Lipinski definition) is 1. The second kappa shape index (κ2) is 5.39. The third-order valence-electron chi connectivity index (χ3n) is 5.10. The molecule has 0 aromatic carbocycles. The molecule has 104 valence electrons. The van der Waals surface area contributed by atoms with E-state index >= 15 is 0 Å². The maximum absolute atomic E-state index is 6.61. The minimum atomic E-state index is -1.72. The van der Waals surface area contributed by atoms with Crippen LogP contribution < -0.4 is 0 Å². The van der Waals surface area contributed by atoms with Crippen LogP contribution in [0.15, 0.2) is 0 Å². The molecule has 1 saturated carbocycles. The summed E-state index contributed by atoms with van der Waals surface area (Å²) >= 11 is 0. The molecule has 1 atom stereocenters. The van der Waals surface area contributed by atoms with Gasteiger partial charge in [-0.05, 0) is 44.3 Å². The fourth-order valence-electron chi connectivity index (χ4n) is 2.34. The molecule has 2 heteroatoms. The van der Waals surface area contributed by atoms with Crippen LogP contribution in [0.4, 0.5) is 0 Å². The van der Waals surface area contributed by atoms with Gasteiger partial charge in [-0.3, -0.25) is 0 Å². The van der Waals surface area contributed by atoms with Crippen molar-refractivity contribution < 1.29 is 4.43 Å². The van der Waals surface area contributed by atoms with Gasteiger partial charge in [0.15, 0.2) is 8.32 Å². The van der Waals surface area contributed by atoms with Crippen LogP contribution in [0, 0.1) is 17.3 Å². The fourth-order valence-corrected chi connectivity index (χ4v) is 3.59. The topological polar surface area (TPSA) is 9.23 Å². The standard InChI is InChI=1S/C16H30OSi/c1-8-11-14(16(9-2)12-10-13-16)17-18(6,7)15(3,4)5/h14H,9-10,12-13H2,1-7H3. The second-order valence-electron chi connectivity index (χ2n) is 7.22. The molecule has 0 heterocycles. The molecule has 0 aliphatic heterocycles. The summed E-state index contributed by atoms with van der Waals surface area (Å²) in [6, 6.07) is 0. The minimum Gasteiger partial charge on any atom is -0.403 e. The molecule has 0 amide bonds. The van der Waals surface area contributed by atoms with Crippen LogP contribution >= 0.6 is 0 Å². The maximum Gasteiger partial charge on any atom is 0.193 e. The van der Waals surface area contributed by atoms with Gasteiger partial charge in [-0.2, -0.15) is 0 Å². The van der Waals surface area contributed by atoms with Crippen LogP contribution in [0.2, 0.25) is 18.1 Å². The van der Waals surface area contributed by atoms with Gasteiger partial charge in [0.2, 0.25) is 0 Å². The Morgan fingerprint density at radius 3 is 2.11 bits per heavy atom. The van der Waals surface area contributed by atoms with E-state index in [9.17, 15) is 0 Å². The molecule has 0 radical (unpaired) electrons. The molecule has 0 spiro atoms. The normalized spacial score (nSPS) is 20.6. The molecule has 1 rings (SSSR count). The molecular weight excluding hydrogens is 236 g/mol. The Hall–Kier alpha value is -0.263. The summed E-state index contributed by atoms with van der Waals surface area (Å²) in [6.07, 6.45) is 5.27. The highest BCUT2D eigenvalue weighted by Crippen LogP contribution is 2.50. The predicted octanol–water partition coefficient (Wildman–Crippen LogP) is 4.98. The Bertz CT molecular complexity index is 331. The highest BCUT2D eigenvalue weighted by Gasteiger charge is 2.47. The lowest BCUT2D eigenvalue weighted by molar-refractivity contribution is 0.00478. The van der Waals surface area contributed by atoms with E-state index in [1.165, 1.54) is 25.7 Å². The first-order valence-corrected chi connectivity index (χ1v) is 10.2. The van der Waals surface area contributed by atoms with Gasteiger partial charge in [0.05, 0.1) is 0 Å². The average Bonchev–Trinajstić information content (AvgIpc) is 2.14. The van der Waals surface area contributed by atoms with Gasteiger partial charge in [0, 0.05) is 5.41 Å². The zero-order valence-electron chi connectivity index (χ0n) is 13.3. The smallest absolute Gasteiger partial charge is 0.193 e. The van der Waals surface area contributed by atoms with E-state index in [0.717, 1.165) is 0 Å². The third kappa shape index (κ3) is 3.00. The van der Waals surface area contributed by atoms with E-state index in [1.807, 2.05) is 6.92 Å². The van der Waals surface area contributed by atoms with E-state index in [2.05, 4.69) is 52.6 Å². The highest BCUT2D eigenvalue weighted by molar-refractivity contribution is 6.74. The van der Waals surface area contributed by atoms with Gasteiger partial charge < -0.3 is 4.43 Å². The summed E-state index contributed by atoms with van der Waals surface area (Å²) < 4.78 is 6.61. The van der Waals surface area contributed by atoms with Gasteiger partial charge in [-0.25, -0.2) is 0 Å². The largest absolute Gasteiger partial charge is 0.403 e. The molecule has 0 aromatic rings. The lowest BCUT2D eigenvalue weighted by Gasteiger charge is -2.49. The van der Waals surface area contributed by atoms with Crippen molar-refractivity contribution in [3.8, 4) is 11.8 Å². The highest BCUT2D eigenvalue weighted by atomic mass is 28.4. The summed E-state index contributed by atoms with van der Waals surface area (Å²) in [5.41, 5.74) is 0.346. The van der Waals surface area contributed by atoms with Crippen molar-refractivity contribution in [3.05, 3.63) is 0 Å². The van der Waals surface area contributed by atoms with E-state index in [0.29, 0.717) is 5.41 Å².